The van der Waals surface area contributed by atoms with Gasteiger partial charge in [0.05, 0.1) is 0 Å². The van der Waals surface area contributed by atoms with Gasteiger partial charge in [-0.15, -0.1) is 0 Å². The summed E-state index contributed by atoms with van der Waals surface area (Å²) in [5, 5.41) is 4.13. The molecule has 1 aromatic rings. The largest absolute Gasteiger partial charge is 0.383 e. The average molecular weight is 281 g/mol. The number of thioether (sulfide) groups is 1. The van der Waals surface area contributed by atoms with Gasteiger partial charge in [0, 0.05) is 18.7 Å². The van der Waals surface area contributed by atoms with Crippen molar-refractivity contribution in [3.8, 4) is 0 Å². The molecule has 0 aliphatic carbocycles. The van der Waals surface area contributed by atoms with Crippen molar-refractivity contribution in [2.75, 3.05) is 36.9 Å². The van der Waals surface area contributed by atoms with E-state index in [1.165, 1.54) is 44.1 Å². The molecule has 5 nitrogen and oxygen atoms in total. The second kappa shape index (κ2) is 6.96. The lowest BCUT2D eigenvalue weighted by Crippen LogP contribution is -2.38. The van der Waals surface area contributed by atoms with E-state index in [4.69, 9.17) is 5.73 Å². The highest BCUT2D eigenvalue weighted by molar-refractivity contribution is 7.98. The van der Waals surface area contributed by atoms with Crippen LogP contribution in [0, 0.1) is 0 Å². The number of hydrogen-bond acceptors (Lipinski definition) is 6. The fraction of sp³-hybridized carbons (Fsp3) is 0.692. The molecule has 0 bridgehead atoms. The van der Waals surface area contributed by atoms with E-state index in [-0.39, 0.29) is 0 Å². The Bertz CT molecular complexity index is 406. The lowest BCUT2D eigenvalue weighted by molar-refractivity contribution is 0.223. The quantitative estimate of drug-likeness (QED) is 0.636. The molecule has 1 aliphatic heterocycles. The highest BCUT2D eigenvalue weighted by Crippen LogP contribution is 2.16. The maximum Gasteiger partial charge on any atom is 0.191 e. The van der Waals surface area contributed by atoms with E-state index in [1.54, 1.807) is 6.07 Å². The van der Waals surface area contributed by atoms with Gasteiger partial charge >= 0.3 is 0 Å². The van der Waals surface area contributed by atoms with Crippen LogP contribution in [0.1, 0.15) is 26.2 Å². The van der Waals surface area contributed by atoms with Gasteiger partial charge in [-0.3, -0.25) is 0 Å². The van der Waals surface area contributed by atoms with E-state index >= 15 is 0 Å². The zero-order chi connectivity index (χ0) is 13.7. The van der Waals surface area contributed by atoms with Crippen LogP contribution in [0.2, 0.25) is 0 Å². The molecule has 1 aliphatic rings. The summed E-state index contributed by atoms with van der Waals surface area (Å²) >= 11 is 1.51. The zero-order valence-electron chi connectivity index (χ0n) is 11.7. The fourth-order valence-corrected chi connectivity index (χ4v) is 2.82. The van der Waals surface area contributed by atoms with Crippen molar-refractivity contribution < 1.29 is 0 Å². The van der Waals surface area contributed by atoms with E-state index in [9.17, 15) is 0 Å². The van der Waals surface area contributed by atoms with Crippen LogP contribution in [0.15, 0.2) is 11.2 Å². The summed E-state index contributed by atoms with van der Waals surface area (Å²) in [4.78, 5) is 11.1. The molecule has 0 spiro atoms. The van der Waals surface area contributed by atoms with Crippen molar-refractivity contribution in [2.24, 2.45) is 0 Å². The predicted octanol–water partition coefficient (Wildman–Crippen LogP) is 2.07. The second-order valence-electron chi connectivity index (χ2n) is 5.07. The third-order valence-corrected chi connectivity index (χ3v) is 3.83. The minimum absolute atomic E-state index is 0.363. The van der Waals surface area contributed by atoms with Crippen molar-refractivity contribution in [3.05, 3.63) is 6.07 Å². The fourth-order valence-electron chi connectivity index (χ4n) is 2.44. The van der Waals surface area contributed by atoms with E-state index in [0.29, 0.717) is 17.0 Å². The Kier molecular flexibility index (Phi) is 5.27. The third-order valence-electron chi connectivity index (χ3n) is 3.28. The molecule has 106 valence electrons. The molecular weight excluding hydrogens is 258 g/mol. The minimum Gasteiger partial charge on any atom is -0.383 e. The molecule has 0 amide bonds. The molecule has 1 unspecified atom stereocenters. The predicted molar refractivity (Wildman–Crippen MR) is 81.6 cm³/mol. The van der Waals surface area contributed by atoms with Crippen LogP contribution >= 0.6 is 11.8 Å². The summed E-state index contributed by atoms with van der Waals surface area (Å²) in [7, 11) is 0. The molecule has 2 heterocycles. The summed E-state index contributed by atoms with van der Waals surface area (Å²) < 4.78 is 0. The van der Waals surface area contributed by atoms with Crippen molar-refractivity contribution in [1.29, 1.82) is 0 Å². The van der Waals surface area contributed by atoms with E-state index in [2.05, 4.69) is 27.1 Å². The summed E-state index contributed by atoms with van der Waals surface area (Å²) in [6, 6.07) is 2.16. The SMILES string of the molecule is CSc1nc(N)cc(NC(C)CN2CCCCC2)n1. The summed E-state index contributed by atoms with van der Waals surface area (Å²) in [5.41, 5.74) is 5.78. The number of rotatable bonds is 5. The maximum atomic E-state index is 5.78. The van der Waals surface area contributed by atoms with Crippen molar-refractivity contribution in [3.63, 3.8) is 0 Å². The van der Waals surface area contributed by atoms with Crippen molar-refractivity contribution in [2.45, 2.75) is 37.4 Å². The van der Waals surface area contributed by atoms with Crippen LogP contribution in [-0.2, 0) is 0 Å². The van der Waals surface area contributed by atoms with Gasteiger partial charge in [0.25, 0.3) is 0 Å². The first-order chi connectivity index (χ1) is 9.17. The Labute approximate surface area is 119 Å². The summed E-state index contributed by atoms with van der Waals surface area (Å²) in [6.07, 6.45) is 5.97. The molecule has 0 aromatic carbocycles. The molecule has 0 radical (unpaired) electrons. The number of aromatic nitrogens is 2. The number of likely N-dealkylation sites (tertiary alicyclic amines) is 1. The Hall–Kier alpha value is -1.01. The molecule has 3 N–H and O–H groups in total. The molecule has 1 saturated heterocycles. The molecule has 6 heteroatoms. The summed E-state index contributed by atoms with van der Waals surface area (Å²) in [6.45, 7) is 5.67. The first kappa shape index (κ1) is 14.4. The average Bonchev–Trinajstić information content (AvgIpc) is 2.38. The smallest absolute Gasteiger partial charge is 0.191 e. The Morgan fingerprint density at radius 3 is 2.79 bits per heavy atom. The zero-order valence-corrected chi connectivity index (χ0v) is 12.5. The van der Waals surface area contributed by atoms with Crippen LogP contribution in [0.5, 0.6) is 0 Å². The van der Waals surface area contributed by atoms with Crippen LogP contribution in [-0.4, -0.2) is 46.8 Å². The lowest BCUT2D eigenvalue weighted by Gasteiger charge is -2.29. The van der Waals surface area contributed by atoms with Gasteiger partial charge < -0.3 is 16.0 Å². The number of hydrogen-bond donors (Lipinski definition) is 2. The van der Waals surface area contributed by atoms with Gasteiger partial charge in [0.1, 0.15) is 11.6 Å². The number of nitrogens with one attached hydrogen (secondary N) is 1. The van der Waals surface area contributed by atoms with Gasteiger partial charge in [-0.25, -0.2) is 9.97 Å². The molecule has 0 saturated carbocycles. The molecular formula is C13H23N5S. The number of anilines is 2. The van der Waals surface area contributed by atoms with E-state index in [1.807, 2.05) is 6.26 Å². The molecule has 1 aromatic heterocycles. The Balaban J connectivity index is 1.90. The van der Waals surface area contributed by atoms with Gasteiger partial charge in [0.2, 0.25) is 0 Å². The minimum atomic E-state index is 0.363. The Morgan fingerprint density at radius 1 is 1.37 bits per heavy atom. The van der Waals surface area contributed by atoms with Gasteiger partial charge in [-0.05, 0) is 39.1 Å². The number of nitrogen functional groups attached to an aromatic ring is 1. The topological polar surface area (TPSA) is 67.1 Å². The summed E-state index contributed by atoms with van der Waals surface area (Å²) in [5.74, 6) is 1.34. The molecule has 2 rings (SSSR count). The highest BCUT2D eigenvalue weighted by atomic mass is 32.2. The monoisotopic (exact) mass is 281 g/mol. The first-order valence-electron chi connectivity index (χ1n) is 6.85. The van der Waals surface area contributed by atoms with Crippen LogP contribution in [0.4, 0.5) is 11.6 Å². The van der Waals surface area contributed by atoms with Gasteiger partial charge in [0.15, 0.2) is 5.16 Å². The molecule has 1 fully saturated rings. The lowest BCUT2D eigenvalue weighted by atomic mass is 10.1. The van der Waals surface area contributed by atoms with Gasteiger partial charge in [-0.2, -0.15) is 0 Å². The first-order valence-corrected chi connectivity index (χ1v) is 8.07. The third kappa shape index (κ3) is 4.54. The van der Waals surface area contributed by atoms with Gasteiger partial charge in [-0.1, -0.05) is 18.2 Å². The standard InChI is InChI=1S/C13H23N5S/c1-10(9-18-6-4-3-5-7-18)15-12-8-11(14)16-13(17-12)19-2/h8,10H,3-7,9H2,1-2H3,(H3,14,15,16,17). The van der Waals surface area contributed by atoms with Crippen LogP contribution in [0.25, 0.3) is 0 Å². The second-order valence-corrected chi connectivity index (χ2v) is 5.84. The van der Waals surface area contributed by atoms with Crippen molar-refractivity contribution >= 4 is 23.4 Å². The van der Waals surface area contributed by atoms with Crippen molar-refractivity contribution in [1.82, 2.24) is 14.9 Å². The highest BCUT2D eigenvalue weighted by Gasteiger charge is 2.14. The molecule has 1 atom stereocenters. The maximum absolute atomic E-state index is 5.78. The Morgan fingerprint density at radius 2 is 2.11 bits per heavy atom. The van der Waals surface area contributed by atoms with Crippen LogP contribution < -0.4 is 11.1 Å². The number of nitrogens with two attached hydrogens (primary N) is 1. The normalized spacial score (nSPS) is 18.2. The van der Waals surface area contributed by atoms with Crippen LogP contribution in [0.3, 0.4) is 0 Å². The van der Waals surface area contributed by atoms with E-state index < -0.39 is 0 Å². The number of nitrogens with zero attached hydrogens (tertiary/aromatic N) is 3. The molecule has 19 heavy (non-hydrogen) atoms. The van der Waals surface area contributed by atoms with E-state index in [0.717, 1.165) is 12.4 Å². The number of piperidine rings is 1.